The molecule has 1 unspecified atom stereocenters. The fraction of sp³-hybridized carbons (Fsp3) is 1.00. The molecule has 5 nitrogen and oxygen atoms in total. The minimum Gasteiger partial charge on any atom is -0.677 e. The first-order valence-electron chi connectivity index (χ1n) is 7.94. The minimum absolute atomic E-state index is 0. The van der Waals surface area contributed by atoms with Gasteiger partial charge in [-0.1, -0.05) is 5.66 Å². The summed E-state index contributed by atoms with van der Waals surface area (Å²) in [6.07, 6.45) is 2.51. The molecule has 113 valence electrons. The predicted octanol–water partition coefficient (Wildman–Crippen LogP) is 1.08. The third-order valence-electron chi connectivity index (χ3n) is 5.40. The fourth-order valence-corrected chi connectivity index (χ4v) is 3.87. The summed E-state index contributed by atoms with van der Waals surface area (Å²) < 4.78 is 7.30. The van der Waals surface area contributed by atoms with Gasteiger partial charge in [0.2, 0.25) is 0 Å². The molecule has 0 bridgehead atoms. The van der Waals surface area contributed by atoms with Crippen LogP contribution in [0.15, 0.2) is 0 Å². The summed E-state index contributed by atoms with van der Waals surface area (Å²) in [5.41, 5.74) is 3.86. The fourth-order valence-electron chi connectivity index (χ4n) is 3.87. The standard InChI is InChI=1S/C14H27N5.Y/c1-17-5-3-13(4-6-17)10-16-14(9-15)12-18(2)7-8-19(14)11-13;/h15H,3-12H2,1-2H3;/q-2;/i/hD. The van der Waals surface area contributed by atoms with Crippen LogP contribution in [0.25, 0.3) is 11.0 Å². The van der Waals surface area contributed by atoms with Gasteiger partial charge in [-0.3, -0.25) is 0 Å². The molecule has 3 heterocycles. The number of rotatable bonds is 2. The summed E-state index contributed by atoms with van der Waals surface area (Å²) in [5, 5.41) is 5.08. The monoisotopic (exact) mass is 355 g/mol. The van der Waals surface area contributed by atoms with Gasteiger partial charge in [-0.05, 0) is 52.0 Å². The Kier molecular flexibility index (Phi) is 5.19. The molecular formula is C14H27N5Y-2. The number of hydrogen-bond donors (Lipinski definition) is 0. The molecule has 1 spiro atoms. The number of piperazine rings is 1. The van der Waals surface area contributed by atoms with Crippen LogP contribution in [-0.4, -0.2) is 86.8 Å². The second kappa shape index (κ2) is 6.57. The van der Waals surface area contributed by atoms with E-state index in [0.29, 0.717) is 12.0 Å². The maximum absolute atomic E-state index is 7.30. The Hall–Kier alpha value is 0.904. The first-order valence-corrected chi connectivity index (χ1v) is 7.49. The van der Waals surface area contributed by atoms with Crippen LogP contribution >= 0.6 is 0 Å². The SMILES string of the molecule is [2H][N-]CC12CN(C)CCN1CC1(CCN(C)CC1)C[N-]2.[Y]. The summed E-state index contributed by atoms with van der Waals surface area (Å²) in [6, 6.07) is 0. The average Bonchev–Trinajstić information content (AvgIpc) is 2.44. The zero-order chi connectivity index (χ0) is 14.2. The van der Waals surface area contributed by atoms with E-state index in [4.69, 9.17) is 6.73 Å². The second-order valence-electron chi connectivity index (χ2n) is 6.92. The molecule has 0 saturated carbocycles. The molecule has 0 aromatic heterocycles. The van der Waals surface area contributed by atoms with E-state index in [9.17, 15) is 0 Å². The van der Waals surface area contributed by atoms with Crippen LogP contribution < -0.4 is 0 Å². The second-order valence-corrected chi connectivity index (χ2v) is 6.92. The van der Waals surface area contributed by atoms with E-state index in [-0.39, 0.29) is 38.4 Å². The van der Waals surface area contributed by atoms with Gasteiger partial charge in [0.25, 0.3) is 0 Å². The van der Waals surface area contributed by atoms with E-state index in [1.807, 2.05) is 0 Å². The number of nitrogens with one attached hydrogen (secondary N) is 1. The van der Waals surface area contributed by atoms with Gasteiger partial charge >= 0.3 is 0 Å². The zero-order valence-corrected chi connectivity index (χ0v) is 15.7. The first-order chi connectivity index (χ1) is 9.57. The Balaban J connectivity index is 0.00000161. The third-order valence-corrected chi connectivity index (χ3v) is 5.40. The van der Waals surface area contributed by atoms with Crippen LogP contribution in [0.3, 0.4) is 0 Å². The number of nitrogens with zero attached hydrogens (tertiary/aromatic N) is 4. The Morgan fingerprint density at radius 1 is 1.10 bits per heavy atom. The van der Waals surface area contributed by atoms with Crippen LogP contribution in [0.1, 0.15) is 12.8 Å². The zero-order valence-electron chi connectivity index (χ0n) is 13.9. The molecule has 20 heavy (non-hydrogen) atoms. The molecule has 0 amide bonds. The topological polar surface area (TPSA) is 47.6 Å². The summed E-state index contributed by atoms with van der Waals surface area (Å²) >= 11 is 0. The summed E-state index contributed by atoms with van der Waals surface area (Å²) in [4.78, 5) is 7.29. The smallest absolute Gasteiger partial charge is 0.0106 e. The minimum atomic E-state index is -0.219. The summed E-state index contributed by atoms with van der Waals surface area (Å²) in [5.74, 6) is 0. The maximum Gasteiger partial charge on any atom is 0.0106 e. The van der Waals surface area contributed by atoms with Crippen molar-refractivity contribution in [3.8, 4) is 0 Å². The van der Waals surface area contributed by atoms with E-state index in [0.717, 1.165) is 32.7 Å². The van der Waals surface area contributed by atoms with Gasteiger partial charge in [-0.15, -0.1) is 6.54 Å². The van der Waals surface area contributed by atoms with Crippen molar-refractivity contribution in [1.29, 1.82) is 0 Å². The van der Waals surface area contributed by atoms with E-state index in [1.54, 1.807) is 0 Å². The molecular weight excluding hydrogens is 327 g/mol. The largest absolute Gasteiger partial charge is 0.677 e. The first kappa shape index (κ1) is 15.8. The summed E-state index contributed by atoms with van der Waals surface area (Å²) in [7, 11) is 4.37. The molecule has 1 atom stereocenters. The third kappa shape index (κ3) is 3.14. The molecule has 0 aliphatic carbocycles. The van der Waals surface area contributed by atoms with Gasteiger partial charge in [0.05, 0.1) is 0 Å². The molecule has 3 saturated heterocycles. The Morgan fingerprint density at radius 3 is 2.55 bits per heavy atom. The van der Waals surface area contributed by atoms with Crippen molar-refractivity contribution in [3.05, 3.63) is 11.0 Å². The molecule has 6 heteroatoms. The molecule has 3 fully saturated rings. The molecule has 1 radical (unpaired) electrons. The van der Waals surface area contributed by atoms with Crippen molar-refractivity contribution in [2.24, 2.45) is 5.41 Å². The number of likely N-dealkylation sites (tertiary alicyclic amines) is 1. The Morgan fingerprint density at radius 2 is 1.85 bits per heavy atom. The van der Waals surface area contributed by atoms with Gasteiger partial charge in [0.1, 0.15) is 0 Å². The summed E-state index contributed by atoms with van der Waals surface area (Å²) in [6.45, 7) is 8.10. The van der Waals surface area contributed by atoms with Gasteiger partial charge < -0.3 is 25.7 Å². The normalized spacial score (nSPS) is 36.2. The number of piperidine rings is 1. The van der Waals surface area contributed by atoms with Crippen molar-refractivity contribution in [3.63, 3.8) is 0 Å². The van der Waals surface area contributed by atoms with Crippen LogP contribution in [-0.2, 0) is 32.7 Å². The predicted molar refractivity (Wildman–Crippen MR) is 78.4 cm³/mol. The van der Waals surface area contributed by atoms with E-state index < -0.39 is 0 Å². The van der Waals surface area contributed by atoms with Gasteiger partial charge in [0, 0.05) is 52.3 Å². The Labute approximate surface area is 149 Å². The molecule has 0 aromatic rings. The molecule has 3 rings (SSSR count). The number of hydrogen-bond acceptors (Lipinski definition) is 3. The van der Waals surface area contributed by atoms with Crippen molar-refractivity contribution < 1.29 is 34.1 Å². The van der Waals surface area contributed by atoms with E-state index >= 15 is 0 Å². The molecule has 1 N–H and O–H groups in total. The number of likely N-dealkylation sites (N-methyl/N-ethyl adjacent to an activating group) is 1. The van der Waals surface area contributed by atoms with Crippen molar-refractivity contribution in [2.75, 3.05) is 66.5 Å². The van der Waals surface area contributed by atoms with Crippen LogP contribution in [0.5, 0.6) is 0 Å². The maximum atomic E-state index is 7.30. The molecule has 3 aliphatic rings. The number of fused-ring (bicyclic) bond motifs is 1. The van der Waals surface area contributed by atoms with Gasteiger partial charge in [-0.2, -0.15) is 7.96 Å². The van der Waals surface area contributed by atoms with E-state index in [1.165, 1.54) is 25.9 Å². The Bertz CT molecular complexity index is 350. The van der Waals surface area contributed by atoms with Crippen molar-refractivity contribution >= 4 is 0 Å². The van der Waals surface area contributed by atoms with E-state index in [2.05, 4.69) is 34.5 Å². The van der Waals surface area contributed by atoms with Crippen molar-refractivity contribution in [2.45, 2.75) is 18.5 Å². The van der Waals surface area contributed by atoms with Crippen LogP contribution in [0.2, 0.25) is 1.41 Å². The molecule has 0 aromatic carbocycles. The average molecular weight is 355 g/mol. The van der Waals surface area contributed by atoms with Crippen molar-refractivity contribution in [1.82, 2.24) is 14.7 Å². The van der Waals surface area contributed by atoms with Gasteiger partial charge in [0.15, 0.2) is 0 Å². The molecule has 3 aliphatic heterocycles. The van der Waals surface area contributed by atoms with Crippen LogP contribution in [0, 0.1) is 5.41 Å². The quantitative estimate of drug-likeness (QED) is 0.745. The van der Waals surface area contributed by atoms with Gasteiger partial charge in [-0.25, -0.2) is 0 Å². The van der Waals surface area contributed by atoms with Crippen LogP contribution in [0.4, 0.5) is 0 Å².